The minimum Gasteiger partial charge on any atom is -0.448 e. The lowest BCUT2D eigenvalue weighted by molar-refractivity contribution is 0.124. The van der Waals surface area contributed by atoms with E-state index in [1.807, 2.05) is 6.92 Å². The van der Waals surface area contributed by atoms with Gasteiger partial charge in [-0.1, -0.05) is 6.92 Å². The largest absolute Gasteiger partial charge is 0.448 e. The molecule has 0 saturated carbocycles. The van der Waals surface area contributed by atoms with Crippen LogP contribution in [0.4, 0.5) is 4.79 Å². The lowest BCUT2D eigenvalue weighted by atomic mass is 10.2. The standard InChI is InChI=1S/C7H13NO3/c1-2-6(5-9)8-3-4-11-7(8)10/h6,9H,2-5H2,1H3/t6-/m0/s1. The molecule has 1 saturated heterocycles. The number of nitrogens with zero attached hydrogens (tertiary/aromatic N) is 1. The summed E-state index contributed by atoms with van der Waals surface area (Å²) in [4.78, 5) is 12.5. The van der Waals surface area contributed by atoms with Gasteiger partial charge in [-0.25, -0.2) is 4.79 Å². The van der Waals surface area contributed by atoms with E-state index < -0.39 is 0 Å². The van der Waals surface area contributed by atoms with Gasteiger partial charge in [-0.3, -0.25) is 4.90 Å². The van der Waals surface area contributed by atoms with E-state index in [4.69, 9.17) is 9.84 Å². The number of carbonyl (C=O) groups excluding carboxylic acids is 1. The van der Waals surface area contributed by atoms with Crippen LogP contribution < -0.4 is 0 Å². The first-order valence-corrected chi connectivity index (χ1v) is 3.83. The van der Waals surface area contributed by atoms with Crippen molar-refractivity contribution in [1.82, 2.24) is 4.90 Å². The number of amides is 1. The number of hydrogen-bond acceptors (Lipinski definition) is 3. The normalized spacial score (nSPS) is 20.2. The van der Waals surface area contributed by atoms with Gasteiger partial charge in [0.2, 0.25) is 0 Å². The maximum Gasteiger partial charge on any atom is 0.410 e. The Kier molecular flexibility index (Phi) is 2.70. The van der Waals surface area contributed by atoms with Crippen LogP contribution in [0.2, 0.25) is 0 Å². The summed E-state index contributed by atoms with van der Waals surface area (Å²) < 4.78 is 4.73. The summed E-state index contributed by atoms with van der Waals surface area (Å²) in [6.45, 7) is 3.02. The monoisotopic (exact) mass is 159 g/mol. The molecular weight excluding hydrogens is 146 g/mol. The average molecular weight is 159 g/mol. The molecule has 1 fully saturated rings. The van der Waals surface area contributed by atoms with Crippen molar-refractivity contribution in [2.75, 3.05) is 19.8 Å². The molecular formula is C7H13NO3. The predicted molar refractivity (Wildman–Crippen MR) is 39.2 cm³/mol. The van der Waals surface area contributed by atoms with Gasteiger partial charge in [0.15, 0.2) is 0 Å². The first-order chi connectivity index (χ1) is 5.29. The van der Waals surface area contributed by atoms with E-state index in [0.29, 0.717) is 13.2 Å². The number of aliphatic hydroxyl groups excluding tert-OH is 1. The van der Waals surface area contributed by atoms with E-state index in [0.717, 1.165) is 6.42 Å². The molecule has 4 nitrogen and oxygen atoms in total. The predicted octanol–water partition coefficient (Wildman–Crippen LogP) is 0.210. The second-order valence-electron chi connectivity index (χ2n) is 2.55. The molecule has 1 aliphatic heterocycles. The summed E-state index contributed by atoms with van der Waals surface area (Å²) in [5.41, 5.74) is 0. The average Bonchev–Trinajstić information content (AvgIpc) is 2.40. The molecule has 0 aromatic carbocycles. The van der Waals surface area contributed by atoms with Gasteiger partial charge in [0.25, 0.3) is 0 Å². The van der Waals surface area contributed by atoms with Gasteiger partial charge in [0.1, 0.15) is 6.61 Å². The summed E-state index contributed by atoms with van der Waals surface area (Å²) in [5, 5.41) is 8.85. The van der Waals surface area contributed by atoms with Crippen molar-refractivity contribution >= 4 is 6.09 Å². The Hall–Kier alpha value is -0.770. The lowest BCUT2D eigenvalue weighted by Gasteiger charge is -2.21. The number of rotatable bonds is 3. The Morgan fingerprint density at radius 3 is 2.91 bits per heavy atom. The van der Waals surface area contributed by atoms with Crippen molar-refractivity contribution < 1.29 is 14.6 Å². The van der Waals surface area contributed by atoms with Crippen LogP contribution in [0.3, 0.4) is 0 Å². The lowest BCUT2D eigenvalue weighted by Crippen LogP contribution is -2.38. The fourth-order valence-corrected chi connectivity index (χ4v) is 1.19. The molecule has 1 N–H and O–H groups in total. The maximum atomic E-state index is 10.9. The third kappa shape index (κ3) is 1.63. The number of cyclic esters (lactones) is 1. The highest BCUT2D eigenvalue weighted by Gasteiger charge is 2.27. The Balaban J connectivity index is 2.49. The van der Waals surface area contributed by atoms with Crippen LogP contribution in [-0.2, 0) is 4.74 Å². The van der Waals surface area contributed by atoms with E-state index in [1.54, 1.807) is 4.90 Å². The molecule has 11 heavy (non-hydrogen) atoms. The molecule has 1 rings (SSSR count). The van der Waals surface area contributed by atoms with Crippen LogP contribution in [0.5, 0.6) is 0 Å². The third-order valence-electron chi connectivity index (χ3n) is 1.92. The van der Waals surface area contributed by atoms with Crippen molar-refractivity contribution in [3.63, 3.8) is 0 Å². The van der Waals surface area contributed by atoms with Crippen LogP contribution >= 0.6 is 0 Å². The van der Waals surface area contributed by atoms with Crippen LogP contribution in [0, 0.1) is 0 Å². The van der Waals surface area contributed by atoms with Gasteiger partial charge in [0.05, 0.1) is 19.2 Å². The molecule has 4 heteroatoms. The number of ether oxygens (including phenoxy) is 1. The minimum atomic E-state index is -0.300. The Labute approximate surface area is 65.8 Å². The fraction of sp³-hybridized carbons (Fsp3) is 0.857. The van der Waals surface area contributed by atoms with Gasteiger partial charge < -0.3 is 9.84 Å². The SMILES string of the molecule is CC[C@@H](CO)N1CCOC1=O. The summed E-state index contributed by atoms with van der Waals surface area (Å²) in [5.74, 6) is 0. The summed E-state index contributed by atoms with van der Waals surface area (Å²) >= 11 is 0. The first kappa shape index (κ1) is 8.33. The molecule has 1 aliphatic rings. The molecule has 0 unspecified atom stereocenters. The quantitative estimate of drug-likeness (QED) is 0.640. The second-order valence-corrected chi connectivity index (χ2v) is 2.55. The zero-order chi connectivity index (χ0) is 8.27. The van der Waals surface area contributed by atoms with Crippen LogP contribution in [0.25, 0.3) is 0 Å². The molecule has 0 aromatic heterocycles. The highest BCUT2D eigenvalue weighted by Crippen LogP contribution is 2.10. The van der Waals surface area contributed by atoms with Gasteiger partial charge in [-0.2, -0.15) is 0 Å². The van der Waals surface area contributed by atoms with Gasteiger partial charge in [0, 0.05) is 0 Å². The Morgan fingerprint density at radius 1 is 1.82 bits per heavy atom. The molecule has 1 atom stereocenters. The Bertz CT molecular complexity index is 145. The summed E-state index contributed by atoms with van der Waals surface area (Å²) in [6.07, 6.45) is 0.469. The second kappa shape index (κ2) is 3.57. The van der Waals surface area contributed by atoms with Crippen molar-refractivity contribution in [3.05, 3.63) is 0 Å². The van der Waals surface area contributed by atoms with Crippen molar-refractivity contribution in [1.29, 1.82) is 0 Å². The molecule has 1 heterocycles. The minimum absolute atomic E-state index is 0.0194. The molecule has 0 aliphatic carbocycles. The van der Waals surface area contributed by atoms with Crippen LogP contribution in [0.15, 0.2) is 0 Å². The molecule has 0 radical (unpaired) electrons. The number of carbonyl (C=O) groups is 1. The van der Waals surface area contributed by atoms with Crippen LogP contribution in [-0.4, -0.2) is 41.9 Å². The zero-order valence-corrected chi connectivity index (χ0v) is 6.62. The highest BCUT2D eigenvalue weighted by atomic mass is 16.6. The van der Waals surface area contributed by atoms with E-state index in [1.165, 1.54) is 0 Å². The van der Waals surface area contributed by atoms with E-state index in [9.17, 15) is 4.79 Å². The van der Waals surface area contributed by atoms with Crippen molar-refractivity contribution in [3.8, 4) is 0 Å². The maximum absolute atomic E-state index is 10.9. The van der Waals surface area contributed by atoms with E-state index in [2.05, 4.69) is 0 Å². The fourth-order valence-electron chi connectivity index (χ4n) is 1.19. The topological polar surface area (TPSA) is 49.8 Å². The van der Waals surface area contributed by atoms with Crippen molar-refractivity contribution in [2.24, 2.45) is 0 Å². The summed E-state index contributed by atoms with van der Waals surface area (Å²) in [6, 6.07) is -0.0648. The van der Waals surface area contributed by atoms with E-state index >= 15 is 0 Å². The van der Waals surface area contributed by atoms with Gasteiger partial charge in [-0.15, -0.1) is 0 Å². The smallest absolute Gasteiger partial charge is 0.410 e. The zero-order valence-electron chi connectivity index (χ0n) is 6.62. The van der Waals surface area contributed by atoms with Crippen molar-refractivity contribution in [2.45, 2.75) is 19.4 Å². The van der Waals surface area contributed by atoms with Gasteiger partial charge in [-0.05, 0) is 6.42 Å². The highest BCUT2D eigenvalue weighted by molar-refractivity contribution is 5.69. The third-order valence-corrected chi connectivity index (χ3v) is 1.92. The Morgan fingerprint density at radius 2 is 2.55 bits per heavy atom. The molecule has 0 aromatic rings. The molecule has 64 valence electrons. The van der Waals surface area contributed by atoms with Crippen LogP contribution in [0.1, 0.15) is 13.3 Å². The molecule has 1 amide bonds. The first-order valence-electron chi connectivity index (χ1n) is 3.83. The number of hydrogen-bond donors (Lipinski definition) is 1. The number of aliphatic hydroxyl groups is 1. The molecule has 0 spiro atoms. The van der Waals surface area contributed by atoms with Gasteiger partial charge >= 0.3 is 6.09 Å². The molecule has 0 bridgehead atoms. The summed E-state index contributed by atoms with van der Waals surface area (Å²) in [7, 11) is 0. The van der Waals surface area contributed by atoms with E-state index in [-0.39, 0.29) is 18.7 Å².